The van der Waals surface area contributed by atoms with Crippen molar-refractivity contribution in [2.24, 2.45) is 5.41 Å². The zero-order valence-corrected chi connectivity index (χ0v) is 13.7. The first-order chi connectivity index (χ1) is 10.4. The number of nitrogens with one attached hydrogen (secondary N) is 1. The zero-order chi connectivity index (χ0) is 15.9. The van der Waals surface area contributed by atoms with E-state index in [1.54, 1.807) is 12.1 Å². The van der Waals surface area contributed by atoms with Crippen LogP contribution in [0.5, 0.6) is 0 Å². The Balaban J connectivity index is 2.17. The second-order valence-corrected chi connectivity index (χ2v) is 6.99. The largest absolute Gasteiger partial charge is 0.363 e. The summed E-state index contributed by atoms with van der Waals surface area (Å²) in [5.74, 6) is -0.0256. The van der Waals surface area contributed by atoms with Gasteiger partial charge < -0.3 is 5.32 Å². The molecule has 0 fully saturated rings. The van der Waals surface area contributed by atoms with E-state index in [0.717, 1.165) is 11.4 Å². The van der Waals surface area contributed by atoms with Gasteiger partial charge in [-0.05, 0) is 24.3 Å². The highest BCUT2D eigenvalue weighted by atomic mass is 35.5. The molecule has 0 saturated heterocycles. The van der Waals surface area contributed by atoms with Gasteiger partial charge in [-0.1, -0.05) is 56.6 Å². The van der Waals surface area contributed by atoms with Crippen molar-refractivity contribution < 1.29 is 4.79 Å². The number of para-hydroxylation sites is 2. The minimum atomic E-state index is -0.171. The van der Waals surface area contributed by atoms with E-state index in [2.05, 4.69) is 26.1 Å². The number of anilines is 2. The molecule has 114 valence electrons. The highest BCUT2D eigenvalue weighted by molar-refractivity contribution is 6.34. The maximum Gasteiger partial charge on any atom is 0.262 e. The average Bonchev–Trinajstić information content (AvgIpc) is 2.48. The van der Waals surface area contributed by atoms with E-state index in [-0.39, 0.29) is 17.5 Å². The summed E-state index contributed by atoms with van der Waals surface area (Å²) in [6.45, 7) is 6.32. The molecule has 3 rings (SSSR count). The molecule has 1 unspecified atom stereocenters. The molecule has 22 heavy (non-hydrogen) atoms. The molecule has 1 amide bonds. The van der Waals surface area contributed by atoms with Gasteiger partial charge in [0.25, 0.3) is 5.91 Å². The van der Waals surface area contributed by atoms with E-state index >= 15 is 0 Å². The van der Waals surface area contributed by atoms with Crippen molar-refractivity contribution in [2.45, 2.75) is 26.9 Å². The monoisotopic (exact) mass is 314 g/mol. The minimum absolute atomic E-state index is 0.0256. The Kier molecular flexibility index (Phi) is 3.61. The lowest BCUT2D eigenvalue weighted by Gasteiger charge is -2.44. The van der Waals surface area contributed by atoms with Gasteiger partial charge in [-0.2, -0.15) is 0 Å². The Labute approximate surface area is 135 Å². The Morgan fingerprint density at radius 3 is 2.36 bits per heavy atom. The van der Waals surface area contributed by atoms with Crippen molar-refractivity contribution in [1.29, 1.82) is 0 Å². The van der Waals surface area contributed by atoms with Crippen LogP contribution in [0.15, 0.2) is 48.5 Å². The molecule has 0 bridgehead atoms. The normalized spacial score (nSPS) is 17.9. The van der Waals surface area contributed by atoms with Gasteiger partial charge in [0, 0.05) is 11.1 Å². The molecule has 0 aromatic heterocycles. The smallest absolute Gasteiger partial charge is 0.262 e. The Bertz CT molecular complexity index is 707. The Morgan fingerprint density at radius 1 is 1.05 bits per heavy atom. The van der Waals surface area contributed by atoms with Crippen LogP contribution in [0, 0.1) is 5.41 Å². The number of hydrogen-bond acceptors (Lipinski definition) is 2. The summed E-state index contributed by atoms with van der Waals surface area (Å²) in [6, 6.07) is 15.2. The molecule has 4 heteroatoms. The van der Waals surface area contributed by atoms with Crippen molar-refractivity contribution in [3.05, 3.63) is 59.1 Å². The molecule has 2 aromatic rings. The van der Waals surface area contributed by atoms with Crippen LogP contribution in [0.25, 0.3) is 0 Å². The van der Waals surface area contributed by atoms with Crippen LogP contribution >= 0.6 is 11.6 Å². The summed E-state index contributed by atoms with van der Waals surface area (Å²) in [5, 5.41) is 4.03. The quantitative estimate of drug-likeness (QED) is 0.821. The summed E-state index contributed by atoms with van der Waals surface area (Å²) in [6.07, 6.45) is -0.171. The average molecular weight is 315 g/mol. The third-order valence-electron chi connectivity index (χ3n) is 3.86. The van der Waals surface area contributed by atoms with Crippen LogP contribution in [0.3, 0.4) is 0 Å². The molecule has 1 heterocycles. The molecule has 1 aliphatic rings. The Morgan fingerprint density at radius 2 is 1.73 bits per heavy atom. The molecule has 0 aliphatic carbocycles. The van der Waals surface area contributed by atoms with Crippen molar-refractivity contribution in [3.63, 3.8) is 0 Å². The van der Waals surface area contributed by atoms with E-state index in [9.17, 15) is 4.79 Å². The number of benzene rings is 2. The number of nitrogens with zero attached hydrogens (tertiary/aromatic N) is 1. The number of fused-ring (bicyclic) bond motifs is 1. The lowest BCUT2D eigenvalue weighted by molar-refractivity contribution is 0.0955. The molecular formula is C18H19ClN2O. The summed E-state index contributed by atoms with van der Waals surface area (Å²) in [7, 11) is 0. The van der Waals surface area contributed by atoms with Gasteiger partial charge in [-0.3, -0.25) is 9.69 Å². The lowest BCUT2D eigenvalue weighted by Crippen LogP contribution is -2.55. The second-order valence-electron chi connectivity index (χ2n) is 6.59. The highest BCUT2D eigenvalue weighted by Crippen LogP contribution is 2.39. The summed E-state index contributed by atoms with van der Waals surface area (Å²) in [4.78, 5) is 14.9. The SMILES string of the molecule is CC(C)(C)C1Nc2c(Cl)cccc2C(=O)N1c1ccccc1. The van der Waals surface area contributed by atoms with Crippen molar-refractivity contribution in [1.82, 2.24) is 0 Å². The summed E-state index contributed by atoms with van der Waals surface area (Å²) < 4.78 is 0. The van der Waals surface area contributed by atoms with Gasteiger partial charge in [0.2, 0.25) is 0 Å². The third-order valence-corrected chi connectivity index (χ3v) is 4.17. The first-order valence-corrected chi connectivity index (χ1v) is 7.71. The molecule has 0 radical (unpaired) electrons. The Hall–Kier alpha value is -2.00. The number of rotatable bonds is 1. The standard InChI is InChI=1S/C18H19ClN2O/c1-18(2,3)17-20-15-13(10-7-11-14(15)19)16(22)21(17)12-8-5-4-6-9-12/h4-11,17,20H,1-3H3. The number of hydrogen-bond donors (Lipinski definition) is 1. The summed E-state index contributed by atoms with van der Waals surface area (Å²) in [5.41, 5.74) is 2.06. The van der Waals surface area contributed by atoms with E-state index < -0.39 is 0 Å². The van der Waals surface area contributed by atoms with Crippen LogP contribution in [0.2, 0.25) is 5.02 Å². The number of amides is 1. The van der Waals surface area contributed by atoms with Crippen molar-refractivity contribution in [2.75, 3.05) is 10.2 Å². The predicted molar refractivity (Wildman–Crippen MR) is 91.6 cm³/mol. The van der Waals surface area contributed by atoms with Crippen LogP contribution in [-0.2, 0) is 0 Å². The van der Waals surface area contributed by atoms with E-state index in [4.69, 9.17) is 11.6 Å². The van der Waals surface area contributed by atoms with Crippen LogP contribution < -0.4 is 10.2 Å². The molecule has 2 aromatic carbocycles. The fourth-order valence-electron chi connectivity index (χ4n) is 2.76. The molecule has 0 saturated carbocycles. The fraction of sp³-hybridized carbons (Fsp3) is 0.278. The molecule has 1 atom stereocenters. The molecule has 1 aliphatic heterocycles. The first kappa shape index (κ1) is 14.9. The zero-order valence-electron chi connectivity index (χ0n) is 12.9. The number of carbonyl (C=O) groups excluding carboxylic acids is 1. The van der Waals surface area contributed by atoms with Crippen LogP contribution in [-0.4, -0.2) is 12.1 Å². The van der Waals surface area contributed by atoms with Gasteiger partial charge in [0.1, 0.15) is 6.17 Å². The topological polar surface area (TPSA) is 32.3 Å². The van der Waals surface area contributed by atoms with Crippen molar-refractivity contribution in [3.8, 4) is 0 Å². The lowest BCUT2D eigenvalue weighted by atomic mass is 9.88. The predicted octanol–water partition coefficient (Wildman–Crippen LogP) is 4.78. The molecule has 1 N–H and O–H groups in total. The minimum Gasteiger partial charge on any atom is -0.363 e. The van der Waals surface area contributed by atoms with Crippen molar-refractivity contribution >= 4 is 28.9 Å². The summed E-state index contributed by atoms with van der Waals surface area (Å²) >= 11 is 6.28. The van der Waals surface area contributed by atoms with Gasteiger partial charge in [0.15, 0.2) is 0 Å². The van der Waals surface area contributed by atoms with Gasteiger partial charge in [-0.15, -0.1) is 0 Å². The third kappa shape index (κ3) is 2.46. The molecular weight excluding hydrogens is 296 g/mol. The van der Waals surface area contributed by atoms with Gasteiger partial charge in [-0.25, -0.2) is 0 Å². The number of carbonyl (C=O) groups is 1. The maximum atomic E-state index is 13.1. The van der Waals surface area contributed by atoms with E-state index in [1.807, 2.05) is 41.3 Å². The highest BCUT2D eigenvalue weighted by Gasteiger charge is 2.40. The van der Waals surface area contributed by atoms with E-state index in [1.165, 1.54) is 0 Å². The first-order valence-electron chi connectivity index (χ1n) is 7.33. The fourth-order valence-corrected chi connectivity index (χ4v) is 2.99. The second kappa shape index (κ2) is 5.33. The van der Waals surface area contributed by atoms with Crippen LogP contribution in [0.1, 0.15) is 31.1 Å². The maximum absolute atomic E-state index is 13.1. The molecule has 0 spiro atoms. The van der Waals surface area contributed by atoms with Gasteiger partial charge >= 0.3 is 0 Å². The van der Waals surface area contributed by atoms with Crippen LogP contribution in [0.4, 0.5) is 11.4 Å². The van der Waals surface area contributed by atoms with Gasteiger partial charge in [0.05, 0.1) is 16.3 Å². The number of halogens is 1. The van der Waals surface area contributed by atoms with E-state index in [0.29, 0.717) is 10.6 Å². The molecule has 3 nitrogen and oxygen atoms in total.